The molecule has 0 spiro atoms. The first kappa shape index (κ1) is 16.3. The molecule has 0 unspecified atom stereocenters. The summed E-state index contributed by atoms with van der Waals surface area (Å²) in [5, 5.41) is 0. The summed E-state index contributed by atoms with van der Waals surface area (Å²) in [7, 11) is 0. The van der Waals surface area contributed by atoms with Crippen LogP contribution in [0.5, 0.6) is 0 Å². The summed E-state index contributed by atoms with van der Waals surface area (Å²) in [6.45, 7) is 12.9. The molecular formula is C13H19LiOSe. The van der Waals surface area contributed by atoms with E-state index >= 15 is 0 Å². The molecule has 1 heterocycles. The van der Waals surface area contributed by atoms with Gasteiger partial charge in [-0.05, 0) is 0 Å². The molecule has 0 saturated carbocycles. The SMILES string of the molecule is CC(C)(C)c1[c-]c(=O)cc(C(C)(C)C)[se]1.[Li+]. The van der Waals surface area contributed by atoms with E-state index in [2.05, 4.69) is 47.6 Å². The quantitative estimate of drug-likeness (QED) is 0.462. The monoisotopic (exact) mass is 278 g/mol. The fraction of sp³-hybridized carbons (Fsp3) is 0.615. The van der Waals surface area contributed by atoms with Crippen LogP contribution in [0, 0.1) is 6.07 Å². The minimum Gasteiger partial charge on any atom is 1.00 e. The number of hydrogen-bond acceptors (Lipinski definition) is 1. The van der Waals surface area contributed by atoms with Gasteiger partial charge in [-0.1, -0.05) is 0 Å². The summed E-state index contributed by atoms with van der Waals surface area (Å²) in [5.74, 6) is 0. The van der Waals surface area contributed by atoms with Gasteiger partial charge in [-0.15, -0.1) is 0 Å². The summed E-state index contributed by atoms with van der Waals surface area (Å²) in [6.07, 6.45) is 0. The van der Waals surface area contributed by atoms with Crippen molar-refractivity contribution in [2.75, 3.05) is 0 Å². The molecule has 0 aliphatic rings. The van der Waals surface area contributed by atoms with Crippen molar-refractivity contribution in [3.05, 3.63) is 31.2 Å². The van der Waals surface area contributed by atoms with Gasteiger partial charge in [-0.3, -0.25) is 0 Å². The van der Waals surface area contributed by atoms with E-state index in [0.29, 0.717) is 0 Å². The Balaban J connectivity index is 0.00000225. The fourth-order valence-electron chi connectivity index (χ4n) is 1.14. The molecule has 0 atom stereocenters. The van der Waals surface area contributed by atoms with Gasteiger partial charge in [0.1, 0.15) is 0 Å². The van der Waals surface area contributed by atoms with Gasteiger partial charge in [0.05, 0.1) is 0 Å². The summed E-state index contributed by atoms with van der Waals surface area (Å²) in [6, 6.07) is 4.76. The topological polar surface area (TPSA) is 17.1 Å². The van der Waals surface area contributed by atoms with Crippen molar-refractivity contribution in [3.63, 3.8) is 0 Å². The largest absolute Gasteiger partial charge is 1.00 e. The van der Waals surface area contributed by atoms with E-state index in [1.54, 1.807) is 6.07 Å². The number of rotatable bonds is 0. The summed E-state index contributed by atoms with van der Waals surface area (Å²) < 4.78 is 2.47. The average Bonchev–Trinajstić information content (AvgIpc) is 1.99. The van der Waals surface area contributed by atoms with E-state index in [-0.39, 0.29) is 49.6 Å². The fourth-order valence-corrected chi connectivity index (χ4v) is 3.55. The van der Waals surface area contributed by atoms with Gasteiger partial charge in [0.25, 0.3) is 0 Å². The molecule has 1 rings (SSSR count). The Morgan fingerprint density at radius 1 is 1.06 bits per heavy atom. The third-order valence-electron chi connectivity index (χ3n) is 2.13. The van der Waals surface area contributed by atoms with E-state index in [1.807, 2.05) is 0 Å². The van der Waals surface area contributed by atoms with Gasteiger partial charge in [0.15, 0.2) is 0 Å². The molecule has 0 aliphatic heterocycles. The predicted molar refractivity (Wildman–Crippen MR) is 65.9 cm³/mol. The van der Waals surface area contributed by atoms with Gasteiger partial charge < -0.3 is 0 Å². The molecule has 1 nitrogen and oxygen atoms in total. The molecule has 0 aromatic carbocycles. The van der Waals surface area contributed by atoms with Crippen LogP contribution < -0.4 is 24.3 Å². The Labute approximate surface area is 117 Å². The Kier molecular flexibility index (Phi) is 5.36. The average molecular weight is 277 g/mol. The first-order valence-electron chi connectivity index (χ1n) is 5.19. The van der Waals surface area contributed by atoms with Gasteiger partial charge in [-0.2, -0.15) is 0 Å². The maximum atomic E-state index is 11.6. The second-order valence-electron chi connectivity index (χ2n) is 5.93. The van der Waals surface area contributed by atoms with Crippen molar-refractivity contribution in [3.8, 4) is 0 Å². The third kappa shape index (κ3) is 4.26. The first-order valence-corrected chi connectivity index (χ1v) is 6.90. The predicted octanol–water partition coefficient (Wildman–Crippen LogP) is -0.497. The molecule has 1 aromatic heterocycles. The molecule has 0 aliphatic carbocycles. The summed E-state index contributed by atoms with van der Waals surface area (Å²) in [4.78, 5) is 11.6. The van der Waals surface area contributed by atoms with E-state index in [4.69, 9.17) is 0 Å². The molecule has 84 valence electrons. The minimum atomic E-state index is 0. The van der Waals surface area contributed by atoms with E-state index < -0.39 is 0 Å². The van der Waals surface area contributed by atoms with Crippen LogP contribution in [0.1, 0.15) is 50.4 Å². The molecule has 3 heteroatoms. The van der Waals surface area contributed by atoms with Crippen molar-refractivity contribution in [2.24, 2.45) is 0 Å². The Hall–Kier alpha value is 0.267. The van der Waals surface area contributed by atoms with Crippen LogP contribution in [-0.4, -0.2) is 14.5 Å². The van der Waals surface area contributed by atoms with Crippen LogP contribution in [-0.2, 0) is 10.8 Å². The van der Waals surface area contributed by atoms with Gasteiger partial charge >= 0.3 is 117 Å². The molecule has 0 bridgehead atoms. The summed E-state index contributed by atoms with van der Waals surface area (Å²) >= 11 is 0.282. The molecule has 1 aromatic rings. The van der Waals surface area contributed by atoms with Crippen molar-refractivity contribution in [1.82, 2.24) is 0 Å². The van der Waals surface area contributed by atoms with Crippen LogP contribution in [0.25, 0.3) is 0 Å². The maximum Gasteiger partial charge on any atom is 1.00 e. The number of hydrogen-bond donors (Lipinski definition) is 0. The van der Waals surface area contributed by atoms with E-state index in [0.717, 1.165) is 0 Å². The van der Waals surface area contributed by atoms with Crippen molar-refractivity contribution < 1.29 is 18.9 Å². The summed E-state index contributed by atoms with van der Waals surface area (Å²) in [5.41, 5.74) is 0.215. The van der Waals surface area contributed by atoms with Gasteiger partial charge in [0.2, 0.25) is 0 Å². The molecule has 0 N–H and O–H groups in total. The maximum absolute atomic E-state index is 11.6. The van der Waals surface area contributed by atoms with Gasteiger partial charge in [0, 0.05) is 0 Å². The smallest absolute Gasteiger partial charge is 1.00 e. The molecule has 0 saturated heterocycles. The van der Waals surface area contributed by atoms with Gasteiger partial charge in [-0.25, -0.2) is 0 Å². The van der Waals surface area contributed by atoms with Crippen LogP contribution in [0.4, 0.5) is 0 Å². The normalized spacial score (nSPS) is 12.1. The Morgan fingerprint density at radius 3 is 1.94 bits per heavy atom. The molecular weight excluding hydrogens is 258 g/mol. The standard InChI is InChI=1S/C13H19OSe.Li/c1-12(2,3)10-7-9(14)8-11(15-10)13(4,5)6;/h7H,1-6H3;/q-1;+1. The van der Waals surface area contributed by atoms with Crippen LogP contribution in [0.15, 0.2) is 10.9 Å². The molecule has 16 heavy (non-hydrogen) atoms. The second-order valence-corrected chi connectivity index (χ2v) is 8.14. The zero-order valence-electron chi connectivity index (χ0n) is 11.4. The van der Waals surface area contributed by atoms with E-state index in [9.17, 15) is 4.79 Å². The molecule has 0 fully saturated rings. The van der Waals surface area contributed by atoms with Crippen molar-refractivity contribution in [1.29, 1.82) is 0 Å². The first-order chi connectivity index (χ1) is 6.60. The zero-order valence-corrected chi connectivity index (χ0v) is 13.1. The Bertz CT molecular complexity index is 372. The Morgan fingerprint density at radius 2 is 1.56 bits per heavy atom. The third-order valence-corrected chi connectivity index (χ3v) is 6.05. The minimum absolute atomic E-state index is 0. The molecule has 0 radical (unpaired) electrons. The zero-order chi connectivity index (χ0) is 11.9. The van der Waals surface area contributed by atoms with Crippen molar-refractivity contribution >= 4 is 14.5 Å². The van der Waals surface area contributed by atoms with Crippen LogP contribution in [0.2, 0.25) is 0 Å². The van der Waals surface area contributed by atoms with Crippen molar-refractivity contribution in [2.45, 2.75) is 52.4 Å². The van der Waals surface area contributed by atoms with Crippen LogP contribution >= 0.6 is 0 Å². The van der Waals surface area contributed by atoms with Crippen LogP contribution in [0.3, 0.4) is 0 Å². The molecule has 0 amide bonds. The van der Waals surface area contributed by atoms with E-state index in [1.165, 1.54) is 8.87 Å². The second kappa shape index (κ2) is 5.28.